The Bertz CT molecular complexity index is 940. The minimum absolute atomic E-state index is 0.685. The van der Waals surface area contributed by atoms with Crippen LogP contribution in [0, 0.1) is 4.77 Å². The third-order valence-electron chi connectivity index (χ3n) is 5.10. The first-order valence-electron chi connectivity index (χ1n) is 9.04. The molecule has 0 radical (unpaired) electrons. The molecule has 0 unspecified atom stereocenters. The number of fused-ring (bicyclic) bond motifs is 1. The van der Waals surface area contributed by atoms with Crippen LogP contribution < -0.4 is 9.64 Å². The number of rotatable bonds is 5. The van der Waals surface area contributed by atoms with Gasteiger partial charge in [-0.1, -0.05) is 18.2 Å². The summed E-state index contributed by atoms with van der Waals surface area (Å²) in [5, 5.41) is 0. The summed E-state index contributed by atoms with van der Waals surface area (Å²) in [6.45, 7) is 5.30. The molecule has 0 atom stereocenters. The number of imidazole rings is 1. The first kappa shape index (κ1) is 17.1. The van der Waals surface area contributed by atoms with Crippen LogP contribution in [0.2, 0.25) is 0 Å². The van der Waals surface area contributed by atoms with Gasteiger partial charge in [0.25, 0.3) is 0 Å². The second-order valence-electron chi connectivity index (χ2n) is 6.71. The molecule has 0 amide bonds. The Balaban J connectivity index is 1.34. The summed E-state index contributed by atoms with van der Waals surface area (Å²) in [6, 6.07) is 14.8. The van der Waals surface area contributed by atoms with Crippen LogP contribution in [0.1, 0.15) is 5.56 Å². The molecule has 2 aromatic carbocycles. The highest BCUT2D eigenvalue weighted by molar-refractivity contribution is 7.71. The molecule has 5 nitrogen and oxygen atoms in total. The van der Waals surface area contributed by atoms with Crippen LogP contribution in [0.4, 0.5) is 5.69 Å². The van der Waals surface area contributed by atoms with Crippen molar-refractivity contribution in [1.29, 1.82) is 0 Å². The minimum atomic E-state index is 0.685. The molecule has 3 aromatic rings. The number of nitrogens with zero attached hydrogens (tertiary/aromatic N) is 2. The predicted molar refractivity (Wildman–Crippen MR) is 109 cm³/mol. The number of aromatic nitrogens is 2. The summed E-state index contributed by atoms with van der Waals surface area (Å²) in [7, 11) is 1.74. The monoisotopic (exact) mass is 368 g/mol. The number of anilines is 1. The van der Waals surface area contributed by atoms with E-state index in [9.17, 15) is 0 Å². The number of piperazine rings is 1. The molecule has 1 fully saturated rings. The molecule has 1 aromatic heterocycles. The molecule has 1 saturated heterocycles. The highest BCUT2D eigenvalue weighted by Gasteiger charge is 2.19. The van der Waals surface area contributed by atoms with Gasteiger partial charge in [-0.15, -0.1) is 0 Å². The van der Waals surface area contributed by atoms with Crippen molar-refractivity contribution in [2.75, 3.05) is 44.7 Å². The van der Waals surface area contributed by atoms with Crippen LogP contribution in [0.5, 0.6) is 5.75 Å². The lowest BCUT2D eigenvalue weighted by atomic mass is 10.1. The lowest BCUT2D eigenvalue weighted by Crippen LogP contribution is -2.47. The Morgan fingerprint density at radius 1 is 1.00 bits per heavy atom. The zero-order valence-corrected chi connectivity index (χ0v) is 15.8. The topological polar surface area (TPSA) is 47.3 Å². The maximum absolute atomic E-state index is 5.50. The van der Waals surface area contributed by atoms with Gasteiger partial charge in [0.1, 0.15) is 5.75 Å². The fourth-order valence-corrected chi connectivity index (χ4v) is 3.85. The third-order valence-corrected chi connectivity index (χ3v) is 5.30. The molecular weight excluding hydrogens is 344 g/mol. The largest absolute Gasteiger partial charge is 0.495 e. The lowest BCUT2D eigenvalue weighted by Gasteiger charge is -2.36. The zero-order chi connectivity index (χ0) is 17.9. The van der Waals surface area contributed by atoms with Crippen molar-refractivity contribution in [3.05, 3.63) is 52.8 Å². The van der Waals surface area contributed by atoms with E-state index in [1.165, 1.54) is 11.3 Å². The van der Waals surface area contributed by atoms with Crippen molar-refractivity contribution in [2.45, 2.75) is 6.42 Å². The van der Waals surface area contributed by atoms with E-state index in [4.69, 9.17) is 17.0 Å². The summed E-state index contributed by atoms with van der Waals surface area (Å²) in [5.41, 5.74) is 4.70. The average Bonchev–Trinajstić information content (AvgIpc) is 3.06. The van der Waals surface area contributed by atoms with E-state index in [-0.39, 0.29) is 0 Å². The third kappa shape index (κ3) is 3.61. The number of ether oxygens (including phenoxy) is 1. The first-order valence-corrected chi connectivity index (χ1v) is 9.45. The van der Waals surface area contributed by atoms with Gasteiger partial charge in [-0.3, -0.25) is 4.90 Å². The molecular formula is C20H24N4OS. The fraction of sp³-hybridized carbons (Fsp3) is 0.350. The van der Waals surface area contributed by atoms with Crippen LogP contribution in [-0.2, 0) is 6.42 Å². The number of hydrogen-bond donors (Lipinski definition) is 2. The minimum Gasteiger partial charge on any atom is -0.495 e. The Morgan fingerprint density at radius 2 is 1.77 bits per heavy atom. The fourth-order valence-electron chi connectivity index (χ4n) is 3.63. The van der Waals surface area contributed by atoms with Crippen molar-refractivity contribution >= 4 is 28.9 Å². The van der Waals surface area contributed by atoms with E-state index in [1.807, 2.05) is 12.1 Å². The molecule has 0 spiro atoms. The first-order chi connectivity index (χ1) is 12.7. The van der Waals surface area contributed by atoms with Crippen molar-refractivity contribution in [3.8, 4) is 5.75 Å². The molecule has 1 aliphatic heterocycles. The summed E-state index contributed by atoms with van der Waals surface area (Å²) >= 11 is 5.16. The summed E-state index contributed by atoms with van der Waals surface area (Å²) in [6.07, 6.45) is 1.05. The quantitative estimate of drug-likeness (QED) is 0.676. The number of benzene rings is 2. The molecule has 136 valence electrons. The Morgan fingerprint density at radius 3 is 2.58 bits per heavy atom. The van der Waals surface area contributed by atoms with Gasteiger partial charge in [0.05, 0.1) is 23.8 Å². The molecule has 1 aliphatic rings. The van der Waals surface area contributed by atoms with Crippen LogP contribution in [0.3, 0.4) is 0 Å². The summed E-state index contributed by atoms with van der Waals surface area (Å²) in [4.78, 5) is 11.3. The second kappa shape index (κ2) is 7.51. The molecule has 6 heteroatoms. The van der Waals surface area contributed by atoms with E-state index in [0.717, 1.165) is 55.9 Å². The standard InChI is InChI=1S/C20H24N4OS/c1-25-19-5-3-2-4-18(19)24-12-10-23(11-13-24)9-8-15-6-7-16-17(14-15)22-20(26)21-16/h2-7,14H,8-13H2,1H3,(H2,21,22,26). The van der Waals surface area contributed by atoms with Gasteiger partial charge in [-0.2, -0.15) is 0 Å². The van der Waals surface area contributed by atoms with E-state index >= 15 is 0 Å². The molecule has 26 heavy (non-hydrogen) atoms. The molecule has 2 heterocycles. The lowest BCUT2D eigenvalue weighted by molar-refractivity contribution is 0.260. The van der Waals surface area contributed by atoms with Gasteiger partial charge in [0.2, 0.25) is 0 Å². The predicted octanol–water partition coefficient (Wildman–Crippen LogP) is 3.60. The smallest absolute Gasteiger partial charge is 0.175 e. The molecule has 0 aliphatic carbocycles. The van der Waals surface area contributed by atoms with Crippen LogP contribution in [0.15, 0.2) is 42.5 Å². The normalized spacial score (nSPS) is 15.5. The number of aromatic amines is 2. The van der Waals surface area contributed by atoms with Crippen LogP contribution in [0.25, 0.3) is 11.0 Å². The van der Waals surface area contributed by atoms with Gasteiger partial charge in [0, 0.05) is 32.7 Å². The van der Waals surface area contributed by atoms with E-state index in [0.29, 0.717) is 4.77 Å². The number of hydrogen-bond acceptors (Lipinski definition) is 4. The Hall–Kier alpha value is -2.31. The van der Waals surface area contributed by atoms with Gasteiger partial charge >= 0.3 is 0 Å². The van der Waals surface area contributed by atoms with Gasteiger partial charge in [-0.25, -0.2) is 0 Å². The van der Waals surface area contributed by atoms with E-state index in [2.05, 4.69) is 50.1 Å². The van der Waals surface area contributed by atoms with E-state index in [1.54, 1.807) is 7.11 Å². The summed E-state index contributed by atoms with van der Waals surface area (Å²) < 4.78 is 6.18. The number of para-hydroxylation sites is 2. The highest BCUT2D eigenvalue weighted by atomic mass is 32.1. The SMILES string of the molecule is COc1ccccc1N1CCN(CCc2ccc3[nH]c(=S)[nH]c3c2)CC1. The maximum atomic E-state index is 5.50. The summed E-state index contributed by atoms with van der Waals surface area (Å²) in [5.74, 6) is 0.957. The van der Waals surface area contributed by atoms with E-state index < -0.39 is 0 Å². The van der Waals surface area contributed by atoms with Gasteiger partial charge < -0.3 is 19.6 Å². The zero-order valence-electron chi connectivity index (χ0n) is 15.0. The Kier molecular flexibility index (Phi) is 4.95. The van der Waals surface area contributed by atoms with Crippen molar-refractivity contribution in [2.24, 2.45) is 0 Å². The van der Waals surface area contributed by atoms with Crippen molar-refractivity contribution < 1.29 is 4.74 Å². The van der Waals surface area contributed by atoms with Crippen LogP contribution >= 0.6 is 12.2 Å². The molecule has 0 bridgehead atoms. The molecule has 0 saturated carbocycles. The number of methoxy groups -OCH3 is 1. The Labute approximate surface area is 158 Å². The van der Waals surface area contributed by atoms with Crippen molar-refractivity contribution in [1.82, 2.24) is 14.9 Å². The number of nitrogens with one attached hydrogen (secondary N) is 2. The van der Waals surface area contributed by atoms with Crippen molar-refractivity contribution in [3.63, 3.8) is 0 Å². The second-order valence-corrected chi connectivity index (χ2v) is 7.12. The van der Waals surface area contributed by atoms with Gasteiger partial charge in [0.15, 0.2) is 4.77 Å². The molecule has 2 N–H and O–H groups in total. The van der Waals surface area contributed by atoms with Crippen LogP contribution in [-0.4, -0.2) is 54.7 Å². The molecule has 4 rings (SSSR count). The highest BCUT2D eigenvalue weighted by Crippen LogP contribution is 2.28. The maximum Gasteiger partial charge on any atom is 0.175 e. The number of H-pyrrole nitrogens is 2. The van der Waals surface area contributed by atoms with Gasteiger partial charge in [-0.05, 0) is 48.5 Å². The average molecular weight is 369 g/mol.